The zero-order valence-corrected chi connectivity index (χ0v) is 28.8. The van der Waals surface area contributed by atoms with E-state index >= 15 is 0 Å². The molecule has 6 rings (SSSR count). The topological polar surface area (TPSA) is 180 Å². The van der Waals surface area contributed by atoms with E-state index < -0.39 is 51.8 Å². The highest BCUT2D eigenvalue weighted by molar-refractivity contribution is 7.92. The third kappa shape index (κ3) is 5.87. The molecule has 0 saturated carbocycles. The Hall–Kier alpha value is -5.22. The van der Waals surface area contributed by atoms with Crippen LogP contribution in [0.3, 0.4) is 0 Å². The molecular weight excluding hydrogens is 668 g/mol. The van der Waals surface area contributed by atoms with E-state index in [2.05, 4.69) is 10.4 Å². The largest absolute Gasteiger partial charge is 0.453 e. The number of nitrogens with one attached hydrogen (secondary N) is 1. The summed E-state index contributed by atoms with van der Waals surface area (Å²) in [5, 5.41) is 24.3. The number of para-hydroxylation sites is 1. The molecule has 3 aliphatic heterocycles. The summed E-state index contributed by atoms with van der Waals surface area (Å²) in [6, 6.07) is 21.2. The second kappa shape index (κ2) is 13.2. The molecule has 50 heavy (non-hydrogen) atoms. The molecule has 264 valence electrons. The van der Waals surface area contributed by atoms with Crippen molar-refractivity contribution in [3.63, 3.8) is 0 Å². The molecule has 16 heteroatoms. The third-order valence-electron chi connectivity index (χ3n) is 9.47. The molecule has 3 aromatic rings. The number of aliphatic hydroxyl groups is 1. The van der Waals surface area contributed by atoms with Gasteiger partial charge in [-0.25, -0.2) is 27.1 Å². The number of benzene rings is 3. The second-order valence-electron chi connectivity index (χ2n) is 12.4. The number of nitrogens with zero attached hydrogens (tertiary/aromatic N) is 5. The zero-order chi connectivity index (χ0) is 35.8. The van der Waals surface area contributed by atoms with Gasteiger partial charge in [0.15, 0.2) is 6.17 Å². The van der Waals surface area contributed by atoms with Gasteiger partial charge >= 0.3 is 18.3 Å². The van der Waals surface area contributed by atoms with Gasteiger partial charge in [-0.1, -0.05) is 66.7 Å². The van der Waals surface area contributed by atoms with Gasteiger partial charge in [-0.15, -0.1) is 0 Å². The van der Waals surface area contributed by atoms with Crippen molar-refractivity contribution in [2.75, 3.05) is 37.9 Å². The predicted octanol–water partition coefficient (Wildman–Crippen LogP) is 4.46. The fraction of sp³-hybridized carbons (Fsp3) is 0.382. The fourth-order valence-electron chi connectivity index (χ4n) is 7.21. The quantitative estimate of drug-likeness (QED) is 0.265. The Morgan fingerprint density at radius 2 is 1.54 bits per heavy atom. The Morgan fingerprint density at radius 3 is 2.22 bits per heavy atom. The van der Waals surface area contributed by atoms with Crippen LogP contribution in [0.5, 0.6) is 0 Å². The van der Waals surface area contributed by atoms with Gasteiger partial charge in [-0.2, -0.15) is 10.2 Å². The minimum absolute atomic E-state index is 0.0271. The number of anilines is 1. The Morgan fingerprint density at radius 1 is 0.900 bits per heavy atom. The lowest BCUT2D eigenvalue weighted by molar-refractivity contribution is 0.0143. The van der Waals surface area contributed by atoms with Crippen molar-refractivity contribution in [1.29, 1.82) is 0 Å². The van der Waals surface area contributed by atoms with E-state index in [1.54, 1.807) is 24.3 Å². The molecule has 0 aliphatic carbocycles. The van der Waals surface area contributed by atoms with Gasteiger partial charge in [0.1, 0.15) is 29.6 Å². The van der Waals surface area contributed by atoms with Crippen molar-refractivity contribution < 1.29 is 42.1 Å². The number of likely N-dealkylation sites (tertiary alicyclic amines) is 2. The lowest BCUT2D eigenvalue weighted by Gasteiger charge is -2.35. The molecule has 2 saturated heterocycles. The highest BCUT2D eigenvalue weighted by atomic mass is 32.2. The summed E-state index contributed by atoms with van der Waals surface area (Å²) in [7, 11) is -1.71. The number of amides is 3. The number of hydrogen-bond acceptors (Lipinski definition) is 11. The number of methoxy groups -OCH3 is 2. The van der Waals surface area contributed by atoms with Gasteiger partial charge in [0, 0.05) is 31.5 Å². The van der Waals surface area contributed by atoms with Crippen LogP contribution in [0, 0.1) is 6.92 Å². The smallest absolute Gasteiger partial charge is 0.411 e. The van der Waals surface area contributed by atoms with Crippen molar-refractivity contribution in [3.8, 4) is 0 Å². The van der Waals surface area contributed by atoms with Crippen LogP contribution in [-0.2, 0) is 42.0 Å². The van der Waals surface area contributed by atoms with Gasteiger partial charge in [-0.3, -0.25) is 15.1 Å². The Bertz CT molecular complexity index is 1940. The Kier molecular flexibility index (Phi) is 9.17. The SMILES string of the molecule is COC(=O)N1CC[C@](N=Nc2cccc3c2N(S(C)(=O)=O)C2N(C(=O)OC)CC[C@]32O)(c2ccccc2C)C1NC(=O)OCc1ccccc1. The van der Waals surface area contributed by atoms with Crippen LogP contribution in [0.4, 0.5) is 25.8 Å². The van der Waals surface area contributed by atoms with Crippen molar-refractivity contribution in [2.45, 2.75) is 49.8 Å². The lowest BCUT2D eigenvalue weighted by Crippen LogP contribution is -2.55. The van der Waals surface area contributed by atoms with E-state index in [1.807, 2.05) is 55.5 Å². The summed E-state index contributed by atoms with van der Waals surface area (Å²) in [6.07, 6.45) is -3.59. The minimum Gasteiger partial charge on any atom is -0.453 e. The van der Waals surface area contributed by atoms with Gasteiger partial charge in [-0.05, 0) is 29.7 Å². The first kappa shape index (κ1) is 34.6. The average Bonchev–Trinajstić information content (AvgIpc) is 3.73. The molecule has 2 unspecified atom stereocenters. The number of ether oxygens (including phenoxy) is 3. The van der Waals surface area contributed by atoms with Gasteiger partial charge in [0.2, 0.25) is 10.0 Å². The number of aryl methyl sites for hydroxylation is 1. The van der Waals surface area contributed by atoms with Crippen molar-refractivity contribution in [2.24, 2.45) is 10.2 Å². The second-order valence-corrected chi connectivity index (χ2v) is 14.3. The first-order valence-corrected chi connectivity index (χ1v) is 17.7. The number of sulfonamides is 1. The van der Waals surface area contributed by atoms with Crippen LogP contribution in [0.2, 0.25) is 0 Å². The Balaban J connectivity index is 1.46. The van der Waals surface area contributed by atoms with Gasteiger partial charge in [0.25, 0.3) is 0 Å². The maximum absolute atomic E-state index is 13.4. The summed E-state index contributed by atoms with van der Waals surface area (Å²) < 4.78 is 43.3. The van der Waals surface area contributed by atoms with E-state index in [0.29, 0.717) is 5.56 Å². The lowest BCUT2D eigenvalue weighted by atomic mass is 9.84. The van der Waals surface area contributed by atoms with E-state index in [4.69, 9.17) is 19.3 Å². The number of azo groups is 1. The van der Waals surface area contributed by atoms with Crippen LogP contribution in [0.15, 0.2) is 83.0 Å². The van der Waals surface area contributed by atoms with E-state index in [1.165, 1.54) is 24.0 Å². The molecule has 0 bridgehead atoms. The molecule has 0 spiro atoms. The average molecular weight is 707 g/mol. The number of fused-ring (bicyclic) bond motifs is 3. The molecule has 3 heterocycles. The highest BCUT2D eigenvalue weighted by Crippen LogP contribution is 2.55. The van der Waals surface area contributed by atoms with Crippen LogP contribution in [0.1, 0.15) is 35.1 Å². The number of alkyl carbamates (subject to hydrolysis) is 1. The monoisotopic (exact) mass is 706 g/mol. The fourth-order valence-corrected chi connectivity index (χ4v) is 8.38. The van der Waals surface area contributed by atoms with Crippen LogP contribution < -0.4 is 9.62 Å². The first-order valence-electron chi connectivity index (χ1n) is 15.9. The van der Waals surface area contributed by atoms with Crippen molar-refractivity contribution in [3.05, 3.63) is 95.1 Å². The van der Waals surface area contributed by atoms with E-state index in [0.717, 1.165) is 21.7 Å². The van der Waals surface area contributed by atoms with E-state index in [9.17, 15) is 27.9 Å². The molecule has 2 fully saturated rings. The van der Waals surface area contributed by atoms with Crippen molar-refractivity contribution >= 4 is 39.7 Å². The summed E-state index contributed by atoms with van der Waals surface area (Å²) >= 11 is 0. The minimum atomic E-state index is -4.12. The predicted molar refractivity (Wildman–Crippen MR) is 180 cm³/mol. The maximum Gasteiger partial charge on any atom is 0.411 e. The maximum atomic E-state index is 13.4. The molecule has 0 radical (unpaired) electrons. The molecule has 2 N–H and O–H groups in total. The van der Waals surface area contributed by atoms with Crippen molar-refractivity contribution in [1.82, 2.24) is 15.1 Å². The zero-order valence-electron chi connectivity index (χ0n) is 28.0. The molecule has 3 amide bonds. The highest BCUT2D eigenvalue weighted by Gasteiger charge is 2.62. The molecule has 3 aromatic carbocycles. The summed E-state index contributed by atoms with van der Waals surface area (Å²) in [4.78, 5) is 41.7. The summed E-state index contributed by atoms with van der Waals surface area (Å²) in [6.45, 7) is 2.00. The summed E-state index contributed by atoms with van der Waals surface area (Å²) in [5.74, 6) is 0. The molecule has 15 nitrogen and oxygen atoms in total. The number of hydrogen-bond donors (Lipinski definition) is 2. The van der Waals surface area contributed by atoms with Gasteiger partial charge < -0.3 is 19.3 Å². The molecule has 4 atom stereocenters. The van der Waals surface area contributed by atoms with Gasteiger partial charge in [0.05, 0.1) is 26.2 Å². The third-order valence-corrected chi connectivity index (χ3v) is 10.6. The van der Waals surface area contributed by atoms with Crippen LogP contribution in [-0.4, -0.2) is 87.5 Å². The molecular formula is C34H38N6O9S. The number of rotatable bonds is 7. The summed E-state index contributed by atoms with van der Waals surface area (Å²) in [5.41, 5.74) is -0.595. The number of carbonyl (C=O) groups is 3. The van der Waals surface area contributed by atoms with Crippen LogP contribution >= 0.6 is 0 Å². The van der Waals surface area contributed by atoms with Crippen LogP contribution in [0.25, 0.3) is 0 Å². The Labute approximate surface area is 289 Å². The first-order chi connectivity index (χ1) is 23.9. The molecule has 3 aliphatic rings. The standard InChI is InChI=1S/C34H38N6O9S/c1-22-11-8-9-14-24(22)33(17-19-38(31(42)47-2)28(33)35-30(41)49-21-23-12-6-5-7-13-23)37-36-26-16-10-15-25-27(26)40(50(4,45)46)29-34(25,44)18-20-39(29)32(43)48-3/h5-16,28-29,44H,17-21H2,1-4H3,(H,35,41)/t28?,29?,33-,34-/m0/s1. The molecule has 0 aromatic heterocycles. The number of carbonyl (C=O) groups excluding carboxylic acids is 3. The normalized spacial score (nSPS) is 24.2. The van der Waals surface area contributed by atoms with E-state index in [-0.39, 0.29) is 49.5 Å².